The van der Waals surface area contributed by atoms with Gasteiger partial charge in [0.1, 0.15) is 12.4 Å². The van der Waals surface area contributed by atoms with E-state index in [2.05, 4.69) is 10.3 Å². The molecular weight excluding hydrogens is 460 g/mol. The molecular formula is C27H28N4O3S. The Morgan fingerprint density at radius 1 is 0.971 bits per heavy atom. The molecule has 0 spiro atoms. The number of nitrogens with zero attached hydrogens (tertiary/aromatic N) is 3. The number of aromatic nitrogens is 2. The molecule has 35 heavy (non-hydrogen) atoms. The Labute approximate surface area is 206 Å². The average molecular weight is 489 g/mol. The Balaban J connectivity index is 1.57. The van der Waals surface area contributed by atoms with Crippen LogP contribution in [0.4, 0.5) is 5.69 Å². The van der Waals surface area contributed by atoms with Crippen molar-refractivity contribution < 1.29 is 13.2 Å². The maximum absolute atomic E-state index is 13.5. The van der Waals surface area contributed by atoms with E-state index in [4.69, 9.17) is 0 Å². The Morgan fingerprint density at radius 2 is 1.66 bits per heavy atom. The van der Waals surface area contributed by atoms with E-state index in [9.17, 15) is 13.2 Å². The van der Waals surface area contributed by atoms with Crippen LogP contribution in [0.1, 0.15) is 23.9 Å². The summed E-state index contributed by atoms with van der Waals surface area (Å²) in [6.07, 6.45) is 4.42. The molecule has 1 aromatic heterocycles. The first-order chi connectivity index (χ1) is 16.9. The molecule has 0 radical (unpaired) electrons. The molecule has 1 heterocycles. The number of carbonyl (C=O) groups is 1. The molecule has 0 aliphatic rings. The largest absolute Gasteiger partial charge is 0.350 e. The van der Waals surface area contributed by atoms with Gasteiger partial charge in [0.15, 0.2) is 0 Å². The molecule has 0 aliphatic heterocycles. The summed E-state index contributed by atoms with van der Waals surface area (Å²) in [5, 5.41) is 2.89. The minimum atomic E-state index is -3.94. The van der Waals surface area contributed by atoms with E-state index in [1.165, 1.54) is 12.1 Å². The predicted molar refractivity (Wildman–Crippen MR) is 137 cm³/mol. The van der Waals surface area contributed by atoms with Gasteiger partial charge < -0.3 is 9.88 Å². The van der Waals surface area contributed by atoms with Crippen molar-refractivity contribution in [3.05, 3.63) is 108 Å². The lowest BCUT2D eigenvalue weighted by molar-refractivity contribution is -0.119. The molecule has 0 bridgehead atoms. The molecule has 0 saturated heterocycles. The van der Waals surface area contributed by atoms with Gasteiger partial charge in [-0.2, -0.15) is 0 Å². The number of sulfonamides is 1. The zero-order valence-corrected chi connectivity index (χ0v) is 20.6. The molecule has 4 aromatic rings. The van der Waals surface area contributed by atoms with Crippen molar-refractivity contribution in [2.45, 2.75) is 31.7 Å². The third-order valence-electron chi connectivity index (χ3n) is 5.80. The Morgan fingerprint density at radius 3 is 2.31 bits per heavy atom. The van der Waals surface area contributed by atoms with Gasteiger partial charge in [-0.25, -0.2) is 13.4 Å². The minimum absolute atomic E-state index is 0.133. The van der Waals surface area contributed by atoms with E-state index < -0.39 is 15.9 Å². The first-order valence-electron chi connectivity index (χ1n) is 11.4. The third kappa shape index (κ3) is 5.44. The SMILES string of the molecule is CCc1ccc(N(CC(=O)NCc2ccccc2-n2ccnc2C)S(=O)(=O)c2ccccc2)cc1. The van der Waals surface area contributed by atoms with Crippen LogP contribution >= 0.6 is 0 Å². The number of rotatable bonds is 9. The van der Waals surface area contributed by atoms with Crippen LogP contribution in [-0.2, 0) is 27.8 Å². The second-order valence-electron chi connectivity index (χ2n) is 8.09. The number of amides is 1. The quantitative estimate of drug-likeness (QED) is 0.382. The van der Waals surface area contributed by atoms with Gasteiger partial charge in [0, 0.05) is 18.9 Å². The van der Waals surface area contributed by atoms with Gasteiger partial charge in [-0.3, -0.25) is 9.10 Å². The fourth-order valence-electron chi connectivity index (χ4n) is 3.84. The van der Waals surface area contributed by atoms with Crippen molar-refractivity contribution in [1.82, 2.24) is 14.9 Å². The summed E-state index contributed by atoms with van der Waals surface area (Å²) >= 11 is 0. The summed E-state index contributed by atoms with van der Waals surface area (Å²) in [6.45, 7) is 3.85. The Hall–Kier alpha value is -3.91. The number of carbonyl (C=O) groups excluding carboxylic acids is 1. The molecule has 1 amide bonds. The zero-order valence-electron chi connectivity index (χ0n) is 19.8. The molecule has 0 saturated carbocycles. The van der Waals surface area contributed by atoms with Crippen LogP contribution in [-0.4, -0.2) is 30.4 Å². The van der Waals surface area contributed by atoms with Gasteiger partial charge >= 0.3 is 0 Å². The number of aryl methyl sites for hydroxylation is 2. The van der Waals surface area contributed by atoms with E-state index in [-0.39, 0.29) is 18.0 Å². The molecule has 1 N–H and O–H groups in total. The third-order valence-corrected chi connectivity index (χ3v) is 7.59. The van der Waals surface area contributed by atoms with Crippen LogP contribution in [0.3, 0.4) is 0 Å². The van der Waals surface area contributed by atoms with Crippen molar-refractivity contribution in [3.8, 4) is 5.69 Å². The van der Waals surface area contributed by atoms with Crippen molar-refractivity contribution in [3.63, 3.8) is 0 Å². The summed E-state index contributed by atoms with van der Waals surface area (Å²) in [5.41, 5.74) is 3.33. The number of imidazole rings is 1. The zero-order chi connectivity index (χ0) is 24.8. The van der Waals surface area contributed by atoms with E-state index in [0.717, 1.165) is 33.4 Å². The highest BCUT2D eigenvalue weighted by atomic mass is 32.2. The van der Waals surface area contributed by atoms with E-state index in [0.29, 0.717) is 5.69 Å². The van der Waals surface area contributed by atoms with Crippen molar-refractivity contribution in [1.29, 1.82) is 0 Å². The molecule has 0 unspecified atom stereocenters. The number of anilines is 1. The van der Waals surface area contributed by atoms with Crippen LogP contribution in [0.2, 0.25) is 0 Å². The van der Waals surface area contributed by atoms with Gasteiger partial charge in [-0.1, -0.05) is 55.5 Å². The molecule has 0 atom stereocenters. The molecule has 0 fully saturated rings. The number of hydrogen-bond donors (Lipinski definition) is 1. The molecule has 8 heteroatoms. The van der Waals surface area contributed by atoms with Crippen LogP contribution < -0.4 is 9.62 Å². The standard InChI is InChI=1S/C27H28N4O3S/c1-3-22-13-15-24(16-14-22)31(35(33,34)25-10-5-4-6-11-25)20-27(32)29-19-23-9-7-8-12-26(23)30-18-17-28-21(30)2/h4-18H,3,19-20H2,1-2H3,(H,29,32). The minimum Gasteiger partial charge on any atom is -0.350 e. The monoisotopic (exact) mass is 488 g/mol. The first kappa shape index (κ1) is 24.2. The second-order valence-corrected chi connectivity index (χ2v) is 9.96. The topological polar surface area (TPSA) is 84.3 Å². The number of nitrogens with one attached hydrogen (secondary N) is 1. The lowest BCUT2D eigenvalue weighted by Crippen LogP contribution is -2.40. The lowest BCUT2D eigenvalue weighted by atomic mass is 10.1. The molecule has 3 aromatic carbocycles. The predicted octanol–water partition coefficient (Wildman–Crippen LogP) is 4.25. The Kier molecular flexibility index (Phi) is 7.31. The smallest absolute Gasteiger partial charge is 0.264 e. The second kappa shape index (κ2) is 10.6. The normalized spacial score (nSPS) is 11.3. The van der Waals surface area contributed by atoms with Crippen LogP contribution in [0.5, 0.6) is 0 Å². The van der Waals surface area contributed by atoms with Gasteiger partial charge in [0.25, 0.3) is 10.0 Å². The maximum Gasteiger partial charge on any atom is 0.264 e. The summed E-state index contributed by atoms with van der Waals surface area (Å²) < 4.78 is 30.1. The van der Waals surface area contributed by atoms with Crippen LogP contribution in [0.25, 0.3) is 5.69 Å². The van der Waals surface area contributed by atoms with Crippen LogP contribution in [0.15, 0.2) is 96.2 Å². The number of benzene rings is 3. The fraction of sp³-hybridized carbons (Fsp3) is 0.185. The highest BCUT2D eigenvalue weighted by molar-refractivity contribution is 7.92. The maximum atomic E-state index is 13.5. The van der Waals surface area contributed by atoms with Gasteiger partial charge in [0.2, 0.25) is 5.91 Å². The highest BCUT2D eigenvalue weighted by Crippen LogP contribution is 2.24. The molecule has 7 nitrogen and oxygen atoms in total. The van der Waals surface area contributed by atoms with Crippen molar-refractivity contribution in [2.75, 3.05) is 10.8 Å². The van der Waals surface area contributed by atoms with Gasteiger partial charge in [-0.15, -0.1) is 0 Å². The van der Waals surface area contributed by atoms with E-state index in [1.54, 1.807) is 36.5 Å². The average Bonchev–Trinajstić information content (AvgIpc) is 3.32. The fourth-order valence-corrected chi connectivity index (χ4v) is 5.28. The number of para-hydroxylation sites is 1. The molecule has 0 aliphatic carbocycles. The summed E-state index contributed by atoms with van der Waals surface area (Å²) in [7, 11) is -3.94. The summed E-state index contributed by atoms with van der Waals surface area (Å²) in [5.74, 6) is 0.431. The molecule has 180 valence electrons. The first-order valence-corrected chi connectivity index (χ1v) is 12.9. The van der Waals surface area contributed by atoms with E-state index >= 15 is 0 Å². The van der Waals surface area contributed by atoms with E-state index in [1.807, 2.05) is 61.0 Å². The number of hydrogen-bond acceptors (Lipinski definition) is 4. The van der Waals surface area contributed by atoms with Crippen molar-refractivity contribution in [2.24, 2.45) is 0 Å². The van der Waals surface area contributed by atoms with Crippen LogP contribution in [0, 0.1) is 6.92 Å². The van der Waals surface area contributed by atoms with Crippen molar-refractivity contribution >= 4 is 21.6 Å². The van der Waals surface area contributed by atoms with Gasteiger partial charge in [-0.05, 0) is 54.8 Å². The highest BCUT2D eigenvalue weighted by Gasteiger charge is 2.27. The summed E-state index contributed by atoms with van der Waals surface area (Å²) in [6, 6.07) is 23.1. The summed E-state index contributed by atoms with van der Waals surface area (Å²) in [4.78, 5) is 17.4. The lowest BCUT2D eigenvalue weighted by Gasteiger charge is -2.24. The van der Waals surface area contributed by atoms with Gasteiger partial charge in [0.05, 0.1) is 16.3 Å². The Bertz CT molecular complexity index is 1400. The molecule has 4 rings (SSSR count).